The van der Waals surface area contributed by atoms with Crippen LogP contribution in [0.25, 0.3) is 0 Å². The van der Waals surface area contributed by atoms with Crippen LogP contribution in [0.15, 0.2) is 109 Å². The number of rotatable bonds is 30. The van der Waals surface area contributed by atoms with Gasteiger partial charge in [-0.25, -0.2) is 0 Å². The Bertz CT molecular complexity index is 1580. The molecule has 0 fully saturated rings. The van der Waals surface area contributed by atoms with Crippen molar-refractivity contribution < 1.29 is 23.0 Å². The molecule has 0 saturated heterocycles. The second-order valence-electron chi connectivity index (χ2n) is 15.9. The summed E-state index contributed by atoms with van der Waals surface area (Å²) in [4.78, 5) is 2.33. The molecule has 0 aromatic heterocycles. The standard InChI is InChI=1S/C50H69F3N2O2/c1-55(37-36-54-48-34-26-28-44(40-48)42-56)41-43-27-25-33-47(39-43)50(45-29-19-17-20-30-45,46-31-21-18-22-32-46)57-38-24-16-14-12-10-8-6-4-2-3-5-7-9-11-13-15-23-35-49(51,52)53/h17-22,25-34,39-40,54,56H,2-16,23-24,35-38,41-42H2,1H3. The Labute approximate surface area is 342 Å². The predicted octanol–water partition coefficient (Wildman–Crippen LogP) is 13.6. The average Bonchev–Trinajstić information content (AvgIpc) is 3.22. The van der Waals surface area contributed by atoms with Gasteiger partial charge in [0.2, 0.25) is 0 Å². The molecule has 0 bridgehead atoms. The average molecular weight is 787 g/mol. The minimum absolute atomic E-state index is 0.0428. The number of nitrogens with one attached hydrogen (secondary N) is 1. The minimum Gasteiger partial charge on any atom is -0.392 e. The Morgan fingerprint density at radius 1 is 0.544 bits per heavy atom. The summed E-state index contributed by atoms with van der Waals surface area (Å²) in [6.07, 6.45) is 14.5. The maximum Gasteiger partial charge on any atom is 0.389 e. The van der Waals surface area contributed by atoms with Crippen molar-refractivity contribution in [3.63, 3.8) is 0 Å². The third kappa shape index (κ3) is 17.4. The minimum atomic E-state index is -4.00. The van der Waals surface area contributed by atoms with E-state index in [0.29, 0.717) is 13.0 Å². The van der Waals surface area contributed by atoms with Crippen molar-refractivity contribution >= 4 is 5.69 Å². The monoisotopic (exact) mass is 787 g/mol. The molecule has 4 rings (SSSR count). The van der Waals surface area contributed by atoms with Gasteiger partial charge in [0.1, 0.15) is 5.60 Å². The van der Waals surface area contributed by atoms with E-state index in [-0.39, 0.29) is 13.0 Å². The number of ether oxygens (including phenoxy) is 1. The van der Waals surface area contributed by atoms with Crippen LogP contribution in [0.5, 0.6) is 0 Å². The Hall–Kier alpha value is -3.65. The zero-order valence-electron chi connectivity index (χ0n) is 34.6. The summed E-state index contributed by atoms with van der Waals surface area (Å²) in [6, 6.07) is 38.2. The Balaban J connectivity index is 1.19. The Kier molecular flexibility index (Phi) is 21.3. The van der Waals surface area contributed by atoms with Crippen LogP contribution in [-0.2, 0) is 23.5 Å². The lowest BCUT2D eigenvalue weighted by Crippen LogP contribution is -2.33. The van der Waals surface area contributed by atoms with Gasteiger partial charge in [-0.2, -0.15) is 13.2 Å². The number of aliphatic hydroxyl groups is 1. The number of anilines is 1. The van der Waals surface area contributed by atoms with E-state index in [1.165, 1.54) is 69.8 Å². The van der Waals surface area contributed by atoms with Crippen LogP contribution < -0.4 is 5.32 Å². The van der Waals surface area contributed by atoms with Crippen molar-refractivity contribution in [1.82, 2.24) is 4.90 Å². The Morgan fingerprint density at radius 2 is 1.02 bits per heavy atom. The quantitative estimate of drug-likeness (QED) is 0.0408. The van der Waals surface area contributed by atoms with Gasteiger partial charge in [-0.1, -0.05) is 193 Å². The van der Waals surface area contributed by atoms with Gasteiger partial charge in [0, 0.05) is 38.3 Å². The van der Waals surface area contributed by atoms with E-state index in [0.717, 1.165) is 79.7 Å². The maximum atomic E-state index is 12.2. The van der Waals surface area contributed by atoms with Gasteiger partial charge in [0.15, 0.2) is 0 Å². The second-order valence-corrected chi connectivity index (χ2v) is 15.9. The van der Waals surface area contributed by atoms with Crippen LogP contribution in [0.4, 0.5) is 18.9 Å². The molecule has 0 heterocycles. The molecule has 7 heteroatoms. The molecule has 57 heavy (non-hydrogen) atoms. The molecule has 4 aromatic carbocycles. The highest BCUT2D eigenvalue weighted by molar-refractivity contribution is 5.49. The summed E-state index contributed by atoms with van der Waals surface area (Å²) in [6.45, 7) is 3.21. The fraction of sp³-hybridized carbons (Fsp3) is 0.520. The number of benzene rings is 4. The molecule has 4 nitrogen and oxygen atoms in total. The van der Waals surface area contributed by atoms with Crippen LogP contribution in [0.3, 0.4) is 0 Å². The summed E-state index contributed by atoms with van der Waals surface area (Å²) in [7, 11) is 2.16. The zero-order valence-corrected chi connectivity index (χ0v) is 34.6. The van der Waals surface area contributed by atoms with Crippen LogP contribution in [0.2, 0.25) is 0 Å². The fourth-order valence-corrected chi connectivity index (χ4v) is 7.85. The van der Waals surface area contributed by atoms with Crippen LogP contribution >= 0.6 is 0 Å². The molecule has 0 aliphatic rings. The smallest absolute Gasteiger partial charge is 0.389 e. The van der Waals surface area contributed by atoms with Crippen molar-refractivity contribution in [3.8, 4) is 0 Å². The molecule has 0 amide bonds. The number of nitrogens with zero attached hydrogens (tertiary/aromatic N) is 1. The van der Waals surface area contributed by atoms with Gasteiger partial charge in [0.05, 0.1) is 6.61 Å². The number of aliphatic hydroxyl groups excluding tert-OH is 1. The molecule has 0 atom stereocenters. The lowest BCUT2D eigenvalue weighted by Gasteiger charge is -2.36. The number of alkyl halides is 3. The van der Waals surface area contributed by atoms with Gasteiger partial charge in [-0.05, 0) is 59.8 Å². The van der Waals surface area contributed by atoms with Crippen LogP contribution in [0.1, 0.15) is 143 Å². The number of unbranched alkanes of at least 4 members (excludes halogenated alkanes) is 16. The highest BCUT2D eigenvalue weighted by Gasteiger charge is 2.37. The molecule has 0 saturated carbocycles. The van der Waals surface area contributed by atoms with Crippen molar-refractivity contribution in [2.45, 2.75) is 141 Å². The first-order chi connectivity index (χ1) is 27.8. The Morgan fingerprint density at radius 3 is 1.54 bits per heavy atom. The van der Waals surface area contributed by atoms with Gasteiger partial charge in [-0.15, -0.1) is 0 Å². The zero-order chi connectivity index (χ0) is 40.4. The van der Waals surface area contributed by atoms with Crippen molar-refractivity contribution in [3.05, 3.63) is 137 Å². The topological polar surface area (TPSA) is 44.7 Å². The molecule has 2 N–H and O–H groups in total. The lowest BCUT2D eigenvalue weighted by molar-refractivity contribution is -0.135. The van der Waals surface area contributed by atoms with Crippen molar-refractivity contribution in [2.24, 2.45) is 0 Å². The summed E-state index contributed by atoms with van der Waals surface area (Å²) < 4.78 is 43.8. The van der Waals surface area contributed by atoms with Crippen molar-refractivity contribution in [1.29, 1.82) is 0 Å². The van der Waals surface area contributed by atoms with Gasteiger partial charge in [0.25, 0.3) is 0 Å². The SMILES string of the molecule is CN(CCNc1cccc(CO)c1)Cc1cccc(C(OCCCCCCCCCCCCCCCCCCCC(F)(F)F)(c2ccccc2)c2ccccc2)c1. The lowest BCUT2D eigenvalue weighted by atomic mass is 9.79. The maximum absolute atomic E-state index is 12.2. The van der Waals surface area contributed by atoms with E-state index in [9.17, 15) is 18.3 Å². The van der Waals surface area contributed by atoms with E-state index in [4.69, 9.17) is 4.74 Å². The molecular formula is C50H69F3N2O2. The number of likely N-dealkylation sites (N-methyl/N-ethyl adjacent to an activating group) is 1. The number of hydrogen-bond donors (Lipinski definition) is 2. The van der Waals surface area contributed by atoms with Crippen molar-refractivity contribution in [2.75, 3.05) is 32.1 Å². The molecule has 0 aliphatic heterocycles. The first-order valence-corrected chi connectivity index (χ1v) is 21.8. The molecule has 0 aliphatic carbocycles. The molecule has 0 radical (unpaired) electrons. The number of hydrogen-bond acceptors (Lipinski definition) is 4. The summed E-state index contributed by atoms with van der Waals surface area (Å²) in [5.41, 5.74) is 5.86. The highest BCUT2D eigenvalue weighted by Crippen LogP contribution is 2.41. The van der Waals surface area contributed by atoms with E-state index in [2.05, 4.69) is 102 Å². The number of halogens is 3. The van der Waals surface area contributed by atoms with E-state index >= 15 is 0 Å². The first-order valence-electron chi connectivity index (χ1n) is 21.8. The molecule has 0 spiro atoms. The van der Waals surface area contributed by atoms with Crippen LogP contribution in [-0.4, -0.2) is 42.9 Å². The summed E-state index contributed by atoms with van der Waals surface area (Å²) >= 11 is 0. The fourth-order valence-electron chi connectivity index (χ4n) is 7.85. The van der Waals surface area contributed by atoms with Gasteiger partial charge >= 0.3 is 6.18 Å². The largest absolute Gasteiger partial charge is 0.392 e. The third-order valence-electron chi connectivity index (χ3n) is 11.0. The third-order valence-corrected chi connectivity index (χ3v) is 11.0. The normalized spacial score (nSPS) is 12.0. The molecule has 0 unspecified atom stereocenters. The molecule has 312 valence electrons. The molecular weight excluding hydrogens is 718 g/mol. The van der Waals surface area contributed by atoms with Gasteiger partial charge in [-0.3, -0.25) is 0 Å². The van der Waals surface area contributed by atoms with E-state index in [1.807, 2.05) is 24.3 Å². The predicted molar refractivity (Wildman–Crippen MR) is 232 cm³/mol. The second kappa shape index (κ2) is 26.4. The van der Waals surface area contributed by atoms with E-state index in [1.54, 1.807) is 0 Å². The van der Waals surface area contributed by atoms with E-state index < -0.39 is 18.2 Å². The van der Waals surface area contributed by atoms with Gasteiger partial charge < -0.3 is 20.1 Å². The summed E-state index contributed by atoms with van der Waals surface area (Å²) in [5, 5.41) is 13.0. The summed E-state index contributed by atoms with van der Waals surface area (Å²) in [5.74, 6) is 0. The van der Waals surface area contributed by atoms with Crippen LogP contribution in [0, 0.1) is 0 Å². The molecule has 4 aromatic rings. The first kappa shape index (κ1) is 46.0. The highest BCUT2D eigenvalue weighted by atomic mass is 19.4.